The molecule has 0 spiro atoms. The third kappa shape index (κ3) is 3.11. The first-order chi connectivity index (χ1) is 8.99. The second kappa shape index (κ2) is 5.67. The van der Waals surface area contributed by atoms with Crippen LogP contribution in [0.3, 0.4) is 0 Å². The lowest BCUT2D eigenvalue weighted by atomic mass is 10.0. The highest BCUT2D eigenvalue weighted by Crippen LogP contribution is 2.25. The minimum absolute atomic E-state index is 0.209. The van der Waals surface area contributed by atoms with Gasteiger partial charge in [0.2, 0.25) is 0 Å². The summed E-state index contributed by atoms with van der Waals surface area (Å²) in [5.41, 5.74) is 7.96. The highest BCUT2D eigenvalue weighted by molar-refractivity contribution is 5.44. The highest BCUT2D eigenvalue weighted by Gasteiger charge is 2.26. The lowest BCUT2D eigenvalue weighted by molar-refractivity contribution is -0.385. The number of nitro benzene ring substituents is 1. The van der Waals surface area contributed by atoms with Crippen LogP contribution in [-0.4, -0.2) is 29.0 Å². The van der Waals surface area contributed by atoms with E-state index >= 15 is 0 Å². The molecule has 5 heteroatoms. The number of nitrogens with zero attached hydrogens (tertiary/aromatic N) is 2. The van der Waals surface area contributed by atoms with Crippen LogP contribution in [-0.2, 0) is 6.54 Å². The zero-order valence-corrected chi connectivity index (χ0v) is 11.5. The van der Waals surface area contributed by atoms with E-state index in [9.17, 15) is 10.1 Å². The molecule has 2 N–H and O–H groups in total. The van der Waals surface area contributed by atoms with E-state index in [2.05, 4.69) is 4.90 Å². The molecule has 1 aromatic carbocycles. The van der Waals surface area contributed by atoms with Gasteiger partial charge in [-0.15, -0.1) is 0 Å². The minimum Gasteiger partial charge on any atom is -0.328 e. The van der Waals surface area contributed by atoms with Crippen LogP contribution in [0, 0.1) is 23.0 Å². The third-order valence-corrected chi connectivity index (χ3v) is 4.06. The van der Waals surface area contributed by atoms with Crippen molar-refractivity contribution in [2.24, 2.45) is 11.7 Å². The number of rotatable bonds is 4. The number of benzene rings is 1. The van der Waals surface area contributed by atoms with E-state index in [1.807, 2.05) is 19.9 Å². The van der Waals surface area contributed by atoms with Crippen LogP contribution in [0.4, 0.5) is 5.69 Å². The van der Waals surface area contributed by atoms with Gasteiger partial charge in [-0.05, 0) is 38.3 Å². The summed E-state index contributed by atoms with van der Waals surface area (Å²) in [6, 6.07) is 5.52. The van der Waals surface area contributed by atoms with Crippen LogP contribution in [0.15, 0.2) is 18.2 Å². The van der Waals surface area contributed by atoms with Gasteiger partial charge in [0.25, 0.3) is 5.69 Å². The zero-order valence-electron chi connectivity index (χ0n) is 11.5. The predicted octanol–water partition coefficient (Wildman–Crippen LogP) is 2.07. The van der Waals surface area contributed by atoms with E-state index in [4.69, 9.17) is 5.73 Å². The smallest absolute Gasteiger partial charge is 0.272 e. The second-order valence-electron chi connectivity index (χ2n) is 5.46. The molecular formula is C14H21N3O2. The van der Waals surface area contributed by atoms with Crippen molar-refractivity contribution in [2.75, 3.05) is 13.1 Å². The van der Waals surface area contributed by atoms with Crippen molar-refractivity contribution in [1.82, 2.24) is 4.90 Å². The molecule has 0 aromatic heterocycles. The van der Waals surface area contributed by atoms with E-state index in [0.717, 1.165) is 37.2 Å². The number of nitrogens with two attached hydrogens (primary N) is 1. The molecule has 1 fully saturated rings. The van der Waals surface area contributed by atoms with E-state index in [0.29, 0.717) is 5.92 Å². The SMILES string of the molecule is Cc1c(CN2CCC(C(C)N)C2)cccc1[N+](=O)[O-]. The van der Waals surface area contributed by atoms with E-state index in [1.54, 1.807) is 12.1 Å². The maximum Gasteiger partial charge on any atom is 0.272 e. The molecule has 1 aliphatic rings. The topological polar surface area (TPSA) is 72.4 Å². The largest absolute Gasteiger partial charge is 0.328 e. The van der Waals surface area contributed by atoms with Gasteiger partial charge in [0.05, 0.1) is 4.92 Å². The van der Waals surface area contributed by atoms with Gasteiger partial charge in [-0.3, -0.25) is 15.0 Å². The summed E-state index contributed by atoms with van der Waals surface area (Å²) in [5.74, 6) is 0.541. The van der Waals surface area contributed by atoms with Crippen LogP contribution in [0.2, 0.25) is 0 Å². The summed E-state index contributed by atoms with van der Waals surface area (Å²) in [4.78, 5) is 12.9. The number of hydrogen-bond donors (Lipinski definition) is 1. The van der Waals surface area contributed by atoms with Crippen molar-refractivity contribution in [3.8, 4) is 0 Å². The fraction of sp³-hybridized carbons (Fsp3) is 0.571. The van der Waals surface area contributed by atoms with Crippen molar-refractivity contribution < 1.29 is 4.92 Å². The van der Waals surface area contributed by atoms with Gasteiger partial charge in [0, 0.05) is 30.8 Å². The molecule has 2 rings (SSSR count). The van der Waals surface area contributed by atoms with Crippen molar-refractivity contribution in [3.05, 3.63) is 39.4 Å². The minimum atomic E-state index is -0.312. The Balaban J connectivity index is 2.08. The van der Waals surface area contributed by atoms with Gasteiger partial charge in [-0.25, -0.2) is 0 Å². The van der Waals surface area contributed by atoms with Gasteiger partial charge in [0.1, 0.15) is 0 Å². The average Bonchev–Trinajstić information content (AvgIpc) is 2.80. The molecule has 0 bridgehead atoms. The Morgan fingerprint density at radius 2 is 2.32 bits per heavy atom. The summed E-state index contributed by atoms with van der Waals surface area (Å²) >= 11 is 0. The molecule has 104 valence electrons. The van der Waals surface area contributed by atoms with Gasteiger partial charge in [0.15, 0.2) is 0 Å². The highest BCUT2D eigenvalue weighted by atomic mass is 16.6. The Morgan fingerprint density at radius 3 is 2.89 bits per heavy atom. The first-order valence-corrected chi connectivity index (χ1v) is 6.70. The third-order valence-electron chi connectivity index (χ3n) is 4.06. The first kappa shape index (κ1) is 14.0. The van der Waals surface area contributed by atoms with Crippen LogP contribution < -0.4 is 5.73 Å². The first-order valence-electron chi connectivity index (χ1n) is 6.70. The summed E-state index contributed by atoms with van der Waals surface area (Å²) in [5, 5.41) is 10.9. The van der Waals surface area contributed by atoms with Gasteiger partial charge in [-0.2, -0.15) is 0 Å². The molecule has 2 unspecified atom stereocenters. The Bertz CT molecular complexity index is 474. The normalized spacial score (nSPS) is 21.5. The van der Waals surface area contributed by atoms with Crippen molar-refractivity contribution in [1.29, 1.82) is 0 Å². The molecule has 1 aromatic rings. The zero-order chi connectivity index (χ0) is 14.0. The molecule has 0 saturated carbocycles. The van der Waals surface area contributed by atoms with Crippen molar-refractivity contribution in [3.63, 3.8) is 0 Å². The Hall–Kier alpha value is -1.46. The van der Waals surface area contributed by atoms with Crippen LogP contribution in [0.25, 0.3) is 0 Å². The Labute approximate surface area is 113 Å². The average molecular weight is 263 g/mol. The van der Waals surface area contributed by atoms with Gasteiger partial charge >= 0.3 is 0 Å². The lowest BCUT2D eigenvalue weighted by Gasteiger charge is -2.18. The molecule has 19 heavy (non-hydrogen) atoms. The maximum absolute atomic E-state index is 10.9. The second-order valence-corrected chi connectivity index (χ2v) is 5.46. The summed E-state index contributed by atoms with van der Waals surface area (Å²) in [6.45, 7) is 6.66. The molecule has 0 radical (unpaired) electrons. The van der Waals surface area contributed by atoms with Gasteiger partial charge < -0.3 is 5.73 Å². The molecular weight excluding hydrogens is 242 g/mol. The van der Waals surface area contributed by atoms with Crippen molar-refractivity contribution >= 4 is 5.69 Å². The summed E-state index contributed by atoms with van der Waals surface area (Å²) in [7, 11) is 0. The monoisotopic (exact) mass is 263 g/mol. The fourth-order valence-electron chi connectivity index (χ4n) is 2.72. The number of hydrogen-bond acceptors (Lipinski definition) is 4. The van der Waals surface area contributed by atoms with E-state index in [-0.39, 0.29) is 16.7 Å². The Morgan fingerprint density at radius 1 is 1.58 bits per heavy atom. The molecule has 5 nitrogen and oxygen atoms in total. The van der Waals surface area contributed by atoms with E-state index < -0.39 is 0 Å². The maximum atomic E-state index is 10.9. The predicted molar refractivity (Wildman–Crippen MR) is 74.9 cm³/mol. The fourth-order valence-corrected chi connectivity index (χ4v) is 2.72. The van der Waals surface area contributed by atoms with E-state index in [1.165, 1.54) is 0 Å². The van der Waals surface area contributed by atoms with Crippen LogP contribution in [0.1, 0.15) is 24.5 Å². The molecule has 0 amide bonds. The molecule has 0 aliphatic carbocycles. The molecule has 1 saturated heterocycles. The molecule has 1 aliphatic heterocycles. The molecule has 1 heterocycles. The molecule has 2 atom stereocenters. The number of likely N-dealkylation sites (tertiary alicyclic amines) is 1. The summed E-state index contributed by atoms with van der Waals surface area (Å²) in [6.07, 6.45) is 1.12. The lowest BCUT2D eigenvalue weighted by Crippen LogP contribution is -2.29. The van der Waals surface area contributed by atoms with Gasteiger partial charge in [-0.1, -0.05) is 12.1 Å². The quantitative estimate of drug-likeness (QED) is 0.666. The summed E-state index contributed by atoms with van der Waals surface area (Å²) < 4.78 is 0. The Kier molecular flexibility index (Phi) is 4.17. The number of nitro groups is 1. The van der Waals surface area contributed by atoms with Crippen LogP contribution >= 0.6 is 0 Å². The van der Waals surface area contributed by atoms with Crippen molar-refractivity contribution in [2.45, 2.75) is 32.9 Å². The standard InChI is InChI=1S/C14H21N3O2/c1-10-12(4-3-5-14(10)17(18)19)8-16-7-6-13(9-16)11(2)15/h3-5,11,13H,6-9,15H2,1-2H3. The van der Waals surface area contributed by atoms with Crippen LogP contribution in [0.5, 0.6) is 0 Å².